The second-order valence-corrected chi connectivity index (χ2v) is 5.37. The molecule has 2 N–H and O–H groups in total. The smallest absolute Gasteiger partial charge is 0.255 e. The van der Waals surface area contributed by atoms with Crippen LogP contribution in [0.25, 0.3) is 0 Å². The molecule has 1 heterocycles. The molecule has 1 unspecified atom stereocenters. The molecule has 0 saturated heterocycles. The maximum atomic E-state index is 12.6. The highest BCUT2D eigenvalue weighted by molar-refractivity contribution is 5.34. The second kappa shape index (κ2) is 7.27. The van der Waals surface area contributed by atoms with Crippen molar-refractivity contribution < 1.29 is 4.74 Å². The van der Waals surface area contributed by atoms with Crippen LogP contribution in [0.15, 0.2) is 41.2 Å². The number of aryl methyl sites for hydroxylation is 1. The third-order valence-electron chi connectivity index (χ3n) is 3.75. The molecular weight excluding hydrogens is 276 g/mol. The zero-order valence-electron chi connectivity index (χ0n) is 13.5. The van der Waals surface area contributed by atoms with Crippen molar-refractivity contribution in [3.63, 3.8) is 0 Å². The van der Waals surface area contributed by atoms with E-state index in [-0.39, 0.29) is 5.56 Å². The lowest BCUT2D eigenvalue weighted by molar-refractivity contribution is 0.340. The first kappa shape index (κ1) is 16.3. The van der Waals surface area contributed by atoms with E-state index in [1.807, 2.05) is 50.2 Å². The number of hydrogen-bond acceptors (Lipinski definition) is 3. The fraction of sp³-hybridized carbons (Fsp3) is 0.389. The molecule has 0 amide bonds. The van der Waals surface area contributed by atoms with Gasteiger partial charge in [-0.1, -0.05) is 19.1 Å². The van der Waals surface area contributed by atoms with Crippen molar-refractivity contribution in [2.75, 3.05) is 6.61 Å². The standard InChI is InChI=1S/C18H24N2O2/c1-4-12-20-13(3)6-11-16(18(20)21)17(19)14-7-9-15(10-8-14)22-5-2/h6-11,17H,4-5,12,19H2,1-3H3. The number of nitrogens with zero attached hydrogens (tertiary/aromatic N) is 1. The van der Waals surface area contributed by atoms with E-state index in [1.165, 1.54) is 0 Å². The summed E-state index contributed by atoms with van der Waals surface area (Å²) in [5.74, 6) is 0.811. The quantitative estimate of drug-likeness (QED) is 0.892. The van der Waals surface area contributed by atoms with Gasteiger partial charge in [-0.05, 0) is 50.1 Å². The summed E-state index contributed by atoms with van der Waals surface area (Å²) >= 11 is 0. The summed E-state index contributed by atoms with van der Waals surface area (Å²) in [5, 5.41) is 0. The minimum Gasteiger partial charge on any atom is -0.494 e. The predicted molar refractivity (Wildman–Crippen MR) is 89.4 cm³/mol. The van der Waals surface area contributed by atoms with Crippen molar-refractivity contribution in [2.24, 2.45) is 5.73 Å². The summed E-state index contributed by atoms with van der Waals surface area (Å²) in [6.45, 7) is 7.30. The van der Waals surface area contributed by atoms with Gasteiger partial charge in [-0.25, -0.2) is 0 Å². The molecule has 1 aromatic carbocycles. The average molecular weight is 300 g/mol. The Morgan fingerprint density at radius 3 is 2.41 bits per heavy atom. The highest BCUT2D eigenvalue weighted by Gasteiger charge is 2.15. The van der Waals surface area contributed by atoms with E-state index in [4.69, 9.17) is 10.5 Å². The largest absolute Gasteiger partial charge is 0.494 e. The van der Waals surface area contributed by atoms with Gasteiger partial charge in [-0.3, -0.25) is 4.79 Å². The third-order valence-corrected chi connectivity index (χ3v) is 3.75. The summed E-state index contributed by atoms with van der Waals surface area (Å²) < 4.78 is 7.23. The molecule has 0 aliphatic carbocycles. The van der Waals surface area contributed by atoms with E-state index >= 15 is 0 Å². The molecule has 0 fully saturated rings. The molecule has 2 rings (SSSR count). The van der Waals surface area contributed by atoms with Crippen LogP contribution in [0.1, 0.15) is 43.1 Å². The fourth-order valence-electron chi connectivity index (χ4n) is 2.54. The fourth-order valence-corrected chi connectivity index (χ4v) is 2.54. The lowest BCUT2D eigenvalue weighted by Crippen LogP contribution is -2.29. The van der Waals surface area contributed by atoms with Gasteiger partial charge >= 0.3 is 0 Å². The maximum Gasteiger partial charge on any atom is 0.255 e. The highest BCUT2D eigenvalue weighted by atomic mass is 16.5. The van der Waals surface area contributed by atoms with Crippen LogP contribution in [-0.4, -0.2) is 11.2 Å². The molecule has 0 bridgehead atoms. The van der Waals surface area contributed by atoms with E-state index < -0.39 is 6.04 Å². The zero-order valence-corrected chi connectivity index (χ0v) is 13.5. The summed E-state index contributed by atoms with van der Waals surface area (Å²) in [6.07, 6.45) is 0.919. The first-order chi connectivity index (χ1) is 10.6. The van der Waals surface area contributed by atoms with E-state index in [9.17, 15) is 4.79 Å². The molecule has 0 aliphatic heterocycles. The number of benzene rings is 1. The molecule has 4 heteroatoms. The Bertz CT molecular complexity index is 674. The van der Waals surface area contributed by atoms with Gasteiger partial charge in [-0.15, -0.1) is 0 Å². The molecule has 0 radical (unpaired) electrons. The Labute approximate surface area is 131 Å². The van der Waals surface area contributed by atoms with Crippen molar-refractivity contribution in [3.8, 4) is 5.75 Å². The van der Waals surface area contributed by atoms with Gasteiger partial charge in [0.1, 0.15) is 5.75 Å². The Hall–Kier alpha value is -2.07. The van der Waals surface area contributed by atoms with E-state index in [2.05, 4.69) is 6.92 Å². The van der Waals surface area contributed by atoms with Crippen LogP contribution in [0.4, 0.5) is 0 Å². The first-order valence-corrected chi connectivity index (χ1v) is 7.77. The number of nitrogens with two attached hydrogens (primary N) is 1. The molecular formula is C18H24N2O2. The van der Waals surface area contributed by atoms with Crippen LogP contribution in [0, 0.1) is 6.92 Å². The summed E-state index contributed by atoms with van der Waals surface area (Å²) in [5.41, 5.74) is 8.81. The molecule has 0 spiro atoms. The van der Waals surface area contributed by atoms with Gasteiger partial charge in [0.15, 0.2) is 0 Å². The predicted octanol–water partition coefficient (Wildman–Crippen LogP) is 3.01. The van der Waals surface area contributed by atoms with Gasteiger partial charge < -0.3 is 15.0 Å². The van der Waals surface area contributed by atoms with Crippen LogP contribution in [0.5, 0.6) is 5.75 Å². The second-order valence-electron chi connectivity index (χ2n) is 5.37. The zero-order chi connectivity index (χ0) is 16.1. The highest BCUT2D eigenvalue weighted by Crippen LogP contribution is 2.20. The Morgan fingerprint density at radius 1 is 1.14 bits per heavy atom. The monoisotopic (exact) mass is 300 g/mol. The Kier molecular flexibility index (Phi) is 5.39. The summed E-state index contributed by atoms with van der Waals surface area (Å²) in [6, 6.07) is 11.0. The maximum absolute atomic E-state index is 12.6. The van der Waals surface area contributed by atoms with E-state index in [0.29, 0.717) is 18.7 Å². The topological polar surface area (TPSA) is 57.2 Å². The van der Waals surface area contributed by atoms with Crippen molar-refractivity contribution in [3.05, 3.63) is 63.6 Å². The molecule has 1 aromatic heterocycles. The molecule has 0 saturated carbocycles. The number of pyridine rings is 1. The van der Waals surface area contributed by atoms with Gasteiger partial charge in [0, 0.05) is 17.8 Å². The SMILES string of the molecule is CCCn1c(C)ccc(C(N)c2ccc(OCC)cc2)c1=O. The molecule has 118 valence electrons. The lowest BCUT2D eigenvalue weighted by atomic mass is 10.0. The van der Waals surface area contributed by atoms with Gasteiger partial charge in [-0.2, -0.15) is 0 Å². The van der Waals surface area contributed by atoms with Gasteiger partial charge in [0.2, 0.25) is 0 Å². The number of aromatic nitrogens is 1. The molecule has 22 heavy (non-hydrogen) atoms. The van der Waals surface area contributed by atoms with Gasteiger partial charge in [0.25, 0.3) is 5.56 Å². The van der Waals surface area contributed by atoms with Crippen LogP contribution in [0.2, 0.25) is 0 Å². The molecule has 4 nitrogen and oxygen atoms in total. The normalized spacial score (nSPS) is 12.2. The van der Waals surface area contributed by atoms with Crippen LogP contribution >= 0.6 is 0 Å². The first-order valence-electron chi connectivity index (χ1n) is 7.77. The number of hydrogen-bond donors (Lipinski definition) is 1. The van der Waals surface area contributed by atoms with E-state index in [1.54, 1.807) is 4.57 Å². The van der Waals surface area contributed by atoms with Crippen LogP contribution < -0.4 is 16.0 Å². The van der Waals surface area contributed by atoms with Crippen LogP contribution in [-0.2, 0) is 6.54 Å². The Balaban J connectivity index is 2.34. The van der Waals surface area contributed by atoms with Crippen LogP contribution in [0.3, 0.4) is 0 Å². The molecule has 1 atom stereocenters. The molecule has 0 aliphatic rings. The molecule has 2 aromatic rings. The summed E-state index contributed by atoms with van der Waals surface area (Å²) in [7, 11) is 0. The third kappa shape index (κ3) is 3.39. The average Bonchev–Trinajstić information content (AvgIpc) is 2.52. The van der Waals surface area contributed by atoms with Crippen molar-refractivity contribution >= 4 is 0 Å². The summed E-state index contributed by atoms with van der Waals surface area (Å²) in [4.78, 5) is 12.6. The minimum atomic E-state index is -0.424. The van der Waals surface area contributed by atoms with Crippen molar-refractivity contribution in [2.45, 2.75) is 39.8 Å². The van der Waals surface area contributed by atoms with Crippen molar-refractivity contribution in [1.82, 2.24) is 4.57 Å². The number of rotatable bonds is 6. The van der Waals surface area contributed by atoms with E-state index in [0.717, 1.165) is 23.4 Å². The lowest BCUT2D eigenvalue weighted by Gasteiger charge is -2.16. The minimum absolute atomic E-state index is 0.00300. The van der Waals surface area contributed by atoms with Crippen molar-refractivity contribution in [1.29, 1.82) is 0 Å². The van der Waals surface area contributed by atoms with Gasteiger partial charge in [0.05, 0.1) is 12.6 Å². The number of ether oxygens (including phenoxy) is 1. The Morgan fingerprint density at radius 2 is 1.82 bits per heavy atom.